The molecule has 0 aliphatic heterocycles. The number of fused-ring (bicyclic) bond motifs is 1. The Hall–Kier alpha value is -3.96. The van der Waals surface area contributed by atoms with E-state index in [2.05, 4.69) is 10.5 Å². The van der Waals surface area contributed by atoms with Gasteiger partial charge in [0.15, 0.2) is 0 Å². The highest BCUT2D eigenvalue weighted by atomic mass is 16.5. The van der Waals surface area contributed by atoms with Crippen molar-refractivity contribution >= 4 is 22.9 Å². The molecule has 3 rings (SSSR count). The van der Waals surface area contributed by atoms with Crippen LogP contribution in [0, 0.1) is 18.3 Å². The molecule has 0 saturated carbocycles. The van der Waals surface area contributed by atoms with Gasteiger partial charge < -0.3 is 14.4 Å². The zero-order chi connectivity index (χ0) is 21.7. The van der Waals surface area contributed by atoms with Crippen molar-refractivity contribution in [2.75, 3.05) is 7.11 Å². The fraction of sp³-hybridized carbons (Fsp3) is 0.182. The van der Waals surface area contributed by atoms with Crippen LogP contribution >= 0.6 is 0 Å². The normalized spacial score (nSPS) is 11.0. The van der Waals surface area contributed by atoms with Crippen molar-refractivity contribution in [3.63, 3.8) is 0 Å². The summed E-state index contributed by atoms with van der Waals surface area (Å²) in [6, 6.07) is 14.3. The van der Waals surface area contributed by atoms with Crippen LogP contribution in [0.5, 0.6) is 5.75 Å². The molecule has 1 amide bonds. The number of phenolic OH excluding ortho intramolecular Hbond substituents is 1. The first kappa shape index (κ1) is 20.8. The van der Waals surface area contributed by atoms with E-state index in [4.69, 9.17) is 4.74 Å². The number of ether oxygens (including phenoxy) is 1. The number of carbonyl (C=O) groups is 1. The third-order valence-electron chi connectivity index (χ3n) is 4.63. The van der Waals surface area contributed by atoms with Gasteiger partial charge in [-0.05, 0) is 29.8 Å². The van der Waals surface area contributed by atoms with E-state index in [1.807, 2.05) is 30.3 Å². The number of nitriles is 1. The van der Waals surface area contributed by atoms with Crippen molar-refractivity contribution in [2.24, 2.45) is 5.10 Å². The average Bonchev–Trinajstić information content (AvgIpc) is 2.73. The summed E-state index contributed by atoms with van der Waals surface area (Å²) in [5.74, 6) is -0.509. The van der Waals surface area contributed by atoms with Crippen molar-refractivity contribution in [1.29, 1.82) is 5.26 Å². The summed E-state index contributed by atoms with van der Waals surface area (Å²) in [6.07, 6.45) is 1.35. The molecule has 8 nitrogen and oxygen atoms in total. The Morgan fingerprint density at radius 1 is 1.33 bits per heavy atom. The molecule has 0 unspecified atom stereocenters. The Balaban J connectivity index is 1.80. The highest BCUT2D eigenvalue weighted by molar-refractivity contribution is 6.02. The number of methoxy groups -OCH3 is 1. The quantitative estimate of drug-likeness (QED) is 0.482. The van der Waals surface area contributed by atoms with E-state index >= 15 is 0 Å². The van der Waals surface area contributed by atoms with Crippen LogP contribution in [-0.4, -0.2) is 28.9 Å². The van der Waals surface area contributed by atoms with Gasteiger partial charge in [-0.3, -0.25) is 9.59 Å². The summed E-state index contributed by atoms with van der Waals surface area (Å²) in [5.41, 5.74) is 3.21. The standard InChI is InChI=1S/C22H20N4O4/c1-14-9-16(13-30-2)18(10-23)22(29)26(14)12-21(28)25-24-11-19-17-6-4-3-5-15(17)7-8-20(19)27/h3-9,11,27H,12-13H2,1-2H3,(H,25,28). The molecule has 30 heavy (non-hydrogen) atoms. The molecule has 0 fully saturated rings. The van der Waals surface area contributed by atoms with Crippen LogP contribution in [0.25, 0.3) is 10.8 Å². The number of aryl methyl sites for hydroxylation is 1. The van der Waals surface area contributed by atoms with Gasteiger partial charge in [0.1, 0.15) is 23.9 Å². The zero-order valence-corrected chi connectivity index (χ0v) is 16.5. The van der Waals surface area contributed by atoms with Gasteiger partial charge in [-0.1, -0.05) is 30.3 Å². The van der Waals surface area contributed by atoms with Crippen LogP contribution in [0.15, 0.2) is 52.4 Å². The Kier molecular flexibility index (Phi) is 6.25. The Bertz CT molecular complexity index is 1240. The van der Waals surface area contributed by atoms with Gasteiger partial charge in [-0.15, -0.1) is 0 Å². The second-order valence-corrected chi connectivity index (χ2v) is 6.63. The maximum Gasteiger partial charge on any atom is 0.269 e. The van der Waals surface area contributed by atoms with E-state index in [1.165, 1.54) is 17.9 Å². The van der Waals surface area contributed by atoms with Gasteiger partial charge in [0.05, 0.1) is 12.8 Å². The second kappa shape index (κ2) is 9.03. The minimum absolute atomic E-state index is 0.0335. The summed E-state index contributed by atoms with van der Waals surface area (Å²) in [5, 5.41) is 25.0. The van der Waals surface area contributed by atoms with Crippen LogP contribution in [0.2, 0.25) is 0 Å². The SMILES string of the molecule is COCc1cc(C)n(CC(=O)NN=Cc2c(O)ccc3ccccc23)c(=O)c1C#N. The first-order valence-corrected chi connectivity index (χ1v) is 9.11. The van der Waals surface area contributed by atoms with Crippen LogP contribution in [0.1, 0.15) is 22.4 Å². The lowest BCUT2D eigenvalue weighted by Gasteiger charge is -2.12. The summed E-state index contributed by atoms with van der Waals surface area (Å²) in [4.78, 5) is 24.9. The topological polar surface area (TPSA) is 117 Å². The van der Waals surface area contributed by atoms with Crippen LogP contribution in [-0.2, 0) is 22.7 Å². The molecule has 0 aliphatic rings. The first-order chi connectivity index (χ1) is 14.5. The number of aromatic nitrogens is 1. The molecule has 2 N–H and O–H groups in total. The number of benzene rings is 2. The van der Waals surface area contributed by atoms with Crippen molar-refractivity contribution in [2.45, 2.75) is 20.1 Å². The van der Waals surface area contributed by atoms with Crippen LogP contribution < -0.4 is 11.0 Å². The molecular formula is C22H20N4O4. The molecule has 1 aromatic heterocycles. The number of hydrogen-bond donors (Lipinski definition) is 2. The molecule has 2 aromatic carbocycles. The maximum atomic E-state index is 12.6. The maximum absolute atomic E-state index is 12.6. The fourth-order valence-corrected chi connectivity index (χ4v) is 3.19. The number of carbonyl (C=O) groups excluding carboxylic acids is 1. The number of nitrogens with zero attached hydrogens (tertiary/aromatic N) is 3. The van der Waals surface area contributed by atoms with E-state index in [0.29, 0.717) is 16.8 Å². The van der Waals surface area contributed by atoms with Gasteiger partial charge in [0.2, 0.25) is 0 Å². The Labute approximate surface area is 172 Å². The minimum atomic E-state index is -0.560. The number of phenols is 1. The lowest BCUT2D eigenvalue weighted by molar-refractivity contribution is -0.121. The molecule has 0 radical (unpaired) electrons. The predicted molar refractivity (Wildman–Crippen MR) is 112 cm³/mol. The molecular weight excluding hydrogens is 384 g/mol. The summed E-state index contributed by atoms with van der Waals surface area (Å²) in [6.45, 7) is 1.50. The monoisotopic (exact) mass is 404 g/mol. The van der Waals surface area contributed by atoms with E-state index in [1.54, 1.807) is 25.1 Å². The van der Waals surface area contributed by atoms with Gasteiger partial charge in [0.25, 0.3) is 11.5 Å². The third-order valence-corrected chi connectivity index (χ3v) is 4.63. The summed E-state index contributed by atoms with van der Waals surface area (Å²) < 4.78 is 6.22. The minimum Gasteiger partial charge on any atom is -0.507 e. The second-order valence-electron chi connectivity index (χ2n) is 6.63. The molecule has 8 heteroatoms. The predicted octanol–water partition coefficient (Wildman–Crippen LogP) is 2.18. The van der Waals surface area contributed by atoms with E-state index < -0.39 is 11.5 Å². The number of amides is 1. The average molecular weight is 404 g/mol. The van der Waals surface area contributed by atoms with E-state index in [0.717, 1.165) is 10.8 Å². The zero-order valence-electron chi connectivity index (χ0n) is 16.5. The highest BCUT2D eigenvalue weighted by Gasteiger charge is 2.15. The molecule has 0 bridgehead atoms. The van der Waals surface area contributed by atoms with Crippen molar-refractivity contribution in [3.8, 4) is 11.8 Å². The lowest BCUT2D eigenvalue weighted by Crippen LogP contribution is -2.33. The van der Waals surface area contributed by atoms with Crippen LogP contribution in [0.4, 0.5) is 0 Å². The number of hydrogen-bond acceptors (Lipinski definition) is 6. The Morgan fingerprint density at radius 3 is 2.83 bits per heavy atom. The molecule has 1 heterocycles. The lowest BCUT2D eigenvalue weighted by atomic mass is 10.0. The Morgan fingerprint density at radius 2 is 2.10 bits per heavy atom. The molecule has 0 spiro atoms. The number of aromatic hydroxyl groups is 1. The van der Waals surface area contributed by atoms with Crippen molar-refractivity contribution < 1.29 is 14.6 Å². The van der Waals surface area contributed by atoms with Gasteiger partial charge >= 0.3 is 0 Å². The number of rotatable bonds is 6. The molecule has 0 aliphatic carbocycles. The van der Waals surface area contributed by atoms with Gasteiger partial charge in [0, 0.05) is 23.9 Å². The molecule has 0 atom stereocenters. The molecule has 152 valence electrons. The van der Waals surface area contributed by atoms with Gasteiger partial charge in [-0.2, -0.15) is 10.4 Å². The third kappa shape index (κ3) is 4.21. The molecule has 3 aromatic rings. The highest BCUT2D eigenvalue weighted by Crippen LogP contribution is 2.25. The fourth-order valence-electron chi connectivity index (χ4n) is 3.19. The largest absolute Gasteiger partial charge is 0.507 e. The summed E-state index contributed by atoms with van der Waals surface area (Å²) >= 11 is 0. The summed E-state index contributed by atoms with van der Waals surface area (Å²) in [7, 11) is 1.47. The smallest absolute Gasteiger partial charge is 0.269 e. The van der Waals surface area contributed by atoms with Crippen LogP contribution in [0.3, 0.4) is 0 Å². The number of nitrogens with one attached hydrogen (secondary N) is 1. The van der Waals surface area contributed by atoms with Crippen molar-refractivity contribution in [3.05, 3.63) is 75.2 Å². The van der Waals surface area contributed by atoms with E-state index in [9.17, 15) is 20.0 Å². The molecule has 0 saturated heterocycles. The number of pyridine rings is 1. The first-order valence-electron chi connectivity index (χ1n) is 9.11. The van der Waals surface area contributed by atoms with E-state index in [-0.39, 0.29) is 24.5 Å². The number of hydrazone groups is 1. The van der Waals surface area contributed by atoms with Gasteiger partial charge in [-0.25, -0.2) is 5.43 Å². The van der Waals surface area contributed by atoms with Crippen molar-refractivity contribution in [1.82, 2.24) is 9.99 Å².